The molecule has 2 aliphatic heterocycles. The maximum absolute atomic E-state index is 11.1. The molecule has 2 heterocycles. The Hall–Kier alpha value is -1.63. The Morgan fingerprint density at radius 1 is 1.23 bits per heavy atom. The predicted octanol–water partition coefficient (Wildman–Crippen LogP) is 0.522. The summed E-state index contributed by atoms with van der Waals surface area (Å²) in [5.41, 5.74) is 0.918. The molecule has 6 heteroatoms. The highest BCUT2D eigenvalue weighted by molar-refractivity contribution is 5.90. The highest BCUT2D eigenvalue weighted by Gasteiger charge is 2.30. The zero-order valence-corrected chi connectivity index (χ0v) is 12.9. The standard InChI is InChI=1S/C16H23N3O3/c1-17-4-6-19-7-5-18(11-13(19)10-17)9-12-2-3-15(20)14(8-12)16(21)22/h2-3,8,13,20H,4-7,9-11H2,1H3,(H,21,22). The summed E-state index contributed by atoms with van der Waals surface area (Å²) in [5.74, 6) is -1.26. The molecule has 22 heavy (non-hydrogen) atoms. The van der Waals surface area contributed by atoms with Gasteiger partial charge in [-0.15, -0.1) is 0 Å². The lowest BCUT2D eigenvalue weighted by atomic mass is 10.1. The van der Waals surface area contributed by atoms with E-state index in [0.29, 0.717) is 6.04 Å². The lowest BCUT2D eigenvalue weighted by Crippen LogP contribution is -2.61. The summed E-state index contributed by atoms with van der Waals surface area (Å²) in [6.45, 7) is 7.17. The van der Waals surface area contributed by atoms with Gasteiger partial charge in [-0.3, -0.25) is 9.80 Å². The van der Waals surface area contributed by atoms with Gasteiger partial charge in [0.2, 0.25) is 0 Å². The zero-order valence-electron chi connectivity index (χ0n) is 12.9. The number of aromatic hydroxyl groups is 1. The SMILES string of the molecule is CN1CCN2CCN(Cc3ccc(O)c(C(=O)O)c3)CC2C1. The molecular weight excluding hydrogens is 282 g/mol. The van der Waals surface area contributed by atoms with Crippen molar-refractivity contribution in [1.82, 2.24) is 14.7 Å². The van der Waals surface area contributed by atoms with Gasteiger partial charge in [-0.25, -0.2) is 4.79 Å². The Morgan fingerprint density at radius 3 is 2.77 bits per heavy atom. The second-order valence-corrected chi connectivity index (χ2v) is 6.34. The fourth-order valence-electron chi connectivity index (χ4n) is 3.43. The van der Waals surface area contributed by atoms with Crippen molar-refractivity contribution in [1.29, 1.82) is 0 Å². The average Bonchev–Trinajstić information content (AvgIpc) is 2.48. The number of nitrogens with zero attached hydrogens (tertiary/aromatic N) is 3. The minimum absolute atomic E-state index is 0.0199. The van der Waals surface area contributed by atoms with E-state index < -0.39 is 5.97 Å². The summed E-state index contributed by atoms with van der Waals surface area (Å²) in [6, 6.07) is 5.42. The number of piperazine rings is 2. The molecule has 0 aromatic heterocycles. The van der Waals surface area contributed by atoms with Crippen LogP contribution < -0.4 is 0 Å². The summed E-state index contributed by atoms with van der Waals surface area (Å²) in [4.78, 5) is 18.4. The largest absolute Gasteiger partial charge is 0.507 e. The fraction of sp³-hybridized carbons (Fsp3) is 0.562. The molecule has 2 saturated heterocycles. The molecule has 2 fully saturated rings. The van der Waals surface area contributed by atoms with Crippen molar-refractivity contribution in [2.24, 2.45) is 0 Å². The van der Waals surface area contributed by atoms with Crippen LogP contribution in [0.3, 0.4) is 0 Å². The van der Waals surface area contributed by atoms with E-state index in [9.17, 15) is 9.90 Å². The number of likely N-dealkylation sites (N-methyl/N-ethyl adjacent to an activating group) is 1. The summed E-state index contributed by atoms with van der Waals surface area (Å²) >= 11 is 0. The molecule has 0 radical (unpaired) electrons. The molecule has 1 unspecified atom stereocenters. The zero-order chi connectivity index (χ0) is 15.7. The van der Waals surface area contributed by atoms with E-state index in [-0.39, 0.29) is 11.3 Å². The fourth-order valence-corrected chi connectivity index (χ4v) is 3.43. The van der Waals surface area contributed by atoms with Crippen LogP contribution in [-0.2, 0) is 6.54 Å². The van der Waals surface area contributed by atoms with Crippen LogP contribution in [0.1, 0.15) is 15.9 Å². The van der Waals surface area contributed by atoms with Crippen molar-refractivity contribution in [3.63, 3.8) is 0 Å². The van der Waals surface area contributed by atoms with Gasteiger partial charge in [0.25, 0.3) is 0 Å². The Kier molecular flexibility index (Phi) is 4.33. The van der Waals surface area contributed by atoms with E-state index in [1.165, 1.54) is 6.07 Å². The summed E-state index contributed by atoms with van der Waals surface area (Å²) in [6.07, 6.45) is 0. The van der Waals surface area contributed by atoms with Crippen molar-refractivity contribution in [2.75, 3.05) is 46.3 Å². The summed E-state index contributed by atoms with van der Waals surface area (Å²) in [7, 11) is 2.16. The number of carbonyl (C=O) groups is 1. The average molecular weight is 305 g/mol. The van der Waals surface area contributed by atoms with Crippen molar-refractivity contribution < 1.29 is 15.0 Å². The van der Waals surface area contributed by atoms with Gasteiger partial charge in [0.1, 0.15) is 11.3 Å². The Balaban J connectivity index is 1.66. The second-order valence-electron chi connectivity index (χ2n) is 6.34. The first-order valence-electron chi connectivity index (χ1n) is 7.73. The molecule has 2 aliphatic rings. The van der Waals surface area contributed by atoms with E-state index >= 15 is 0 Å². The van der Waals surface area contributed by atoms with Crippen LogP contribution in [0.5, 0.6) is 5.75 Å². The predicted molar refractivity (Wildman–Crippen MR) is 83.2 cm³/mol. The van der Waals surface area contributed by atoms with Crippen LogP contribution in [0.2, 0.25) is 0 Å². The Bertz CT molecular complexity index is 564. The second kappa shape index (κ2) is 6.24. The normalized spacial score (nSPS) is 24.1. The number of fused-ring (bicyclic) bond motifs is 1. The molecule has 0 aliphatic carbocycles. The van der Waals surface area contributed by atoms with Gasteiger partial charge in [-0.2, -0.15) is 0 Å². The summed E-state index contributed by atoms with van der Waals surface area (Å²) < 4.78 is 0. The van der Waals surface area contributed by atoms with Gasteiger partial charge in [0, 0.05) is 51.9 Å². The van der Waals surface area contributed by atoms with Gasteiger partial charge in [0.05, 0.1) is 0 Å². The van der Waals surface area contributed by atoms with Gasteiger partial charge in [0.15, 0.2) is 0 Å². The van der Waals surface area contributed by atoms with Crippen LogP contribution in [0.15, 0.2) is 18.2 Å². The molecule has 3 rings (SSSR count). The van der Waals surface area contributed by atoms with E-state index in [1.807, 2.05) is 0 Å². The molecule has 2 N–H and O–H groups in total. The van der Waals surface area contributed by atoms with E-state index in [4.69, 9.17) is 5.11 Å². The first-order chi connectivity index (χ1) is 10.5. The lowest BCUT2D eigenvalue weighted by Gasteiger charge is -2.46. The summed E-state index contributed by atoms with van der Waals surface area (Å²) in [5, 5.41) is 18.7. The van der Waals surface area contributed by atoms with Crippen LogP contribution >= 0.6 is 0 Å². The van der Waals surface area contributed by atoms with Gasteiger partial charge < -0.3 is 15.1 Å². The third kappa shape index (κ3) is 3.24. The number of benzene rings is 1. The van der Waals surface area contributed by atoms with Crippen molar-refractivity contribution in [3.8, 4) is 5.75 Å². The maximum atomic E-state index is 11.1. The van der Waals surface area contributed by atoms with Crippen LogP contribution in [-0.4, -0.2) is 83.2 Å². The van der Waals surface area contributed by atoms with Gasteiger partial charge in [-0.1, -0.05) is 6.07 Å². The van der Waals surface area contributed by atoms with Crippen molar-refractivity contribution >= 4 is 5.97 Å². The molecule has 0 amide bonds. The number of hydrogen-bond acceptors (Lipinski definition) is 5. The van der Waals surface area contributed by atoms with E-state index in [0.717, 1.165) is 51.4 Å². The first kappa shape index (κ1) is 15.3. The van der Waals surface area contributed by atoms with Crippen molar-refractivity contribution in [2.45, 2.75) is 12.6 Å². The lowest BCUT2D eigenvalue weighted by molar-refractivity contribution is 0.0175. The first-order valence-corrected chi connectivity index (χ1v) is 7.73. The van der Waals surface area contributed by atoms with Gasteiger partial charge in [-0.05, 0) is 24.7 Å². The quantitative estimate of drug-likeness (QED) is 0.849. The third-order valence-electron chi connectivity index (χ3n) is 4.68. The van der Waals surface area contributed by atoms with Gasteiger partial charge >= 0.3 is 5.97 Å². The number of carboxylic acids is 1. The molecule has 1 aromatic rings. The van der Waals surface area contributed by atoms with Crippen LogP contribution in [0.25, 0.3) is 0 Å². The smallest absolute Gasteiger partial charge is 0.339 e. The molecule has 0 bridgehead atoms. The minimum atomic E-state index is -1.09. The minimum Gasteiger partial charge on any atom is -0.507 e. The highest BCUT2D eigenvalue weighted by Crippen LogP contribution is 2.21. The molecule has 1 atom stereocenters. The molecular formula is C16H23N3O3. The van der Waals surface area contributed by atoms with Crippen LogP contribution in [0, 0.1) is 0 Å². The van der Waals surface area contributed by atoms with Crippen LogP contribution in [0.4, 0.5) is 0 Å². The molecule has 0 saturated carbocycles. The number of carboxylic acid groups (broad SMARTS) is 1. The third-order valence-corrected chi connectivity index (χ3v) is 4.68. The number of rotatable bonds is 3. The van der Waals surface area contributed by atoms with E-state index in [2.05, 4.69) is 21.7 Å². The highest BCUT2D eigenvalue weighted by atomic mass is 16.4. The molecule has 0 spiro atoms. The van der Waals surface area contributed by atoms with Crippen molar-refractivity contribution in [3.05, 3.63) is 29.3 Å². The molecule has 1 aromatic carbocycles. The monoisotopic (exact) mass is 305 g/mol. The molecule has 6 nitrogen and oxygen atoms in total. The topological polar surface area (TPSA) is 67.2 Å². The molecule has 120 valence electrons. The number of hydrogen-bond donors (Lipinski definition) is 2. The maximum Gasteiger partial charge on any atom is 0.339 e. The number of aromatic carboxylic acids is 1. The Labute approximate surface area is 130 Å². The van der Waals surface area contributed by atoms with E-state index in [1.54, 1.807) is 12.1 Å². The number of phenols is 1. The Morgan fingerprint density at radius 2 is 2.00 bits per heavy atom.